The van der Waals surface area contributed by atoms with Gasteiger partial charge in [0.05, 0.1) is 17.8 Å². The highest BCUT2D eigenvalue weighted by molar-refractivity contribution is 8.00. The Hall–Kier alpha value is -0.150. The first-order valence-corrected chi connectivity index (χ1v) is 10.2. The zero-order valence-corrected chi connectivity index (χ0v) is 13.9. The first-order chi connectivity index (χ1) is 9.93. The first-order valence-electron chi connectivity index (χ1n) is 6.40. The van der Waals surface area contributed by atoms with Gasteiger partial charge in [0, 0.05) is 34.7 Å². The van der Waals surface area contributed by atoms with Gasteiger partial charge < -0.3 is 9.03 Å². The monoisotopic (exact) mass is 342 g/mol. The Morgan fingerprint density at radius 3 is 3.10 bits per heavy atom. The van der Waals surface area contributed by atoms with Gasteiger partial charge in [-0.2, -0.15) is 0 Å². The molecule has 0 aliphatic carbocycles. The summed E-state index contributed by atoms with van der Waals surface area (Å²) in [5.41, 5.74) is 4.14. The molecule has 8 heteroatoms. The summed E-state index contributed by atoms with van der Waals surface area (Å²) in [6.07, 6.45) is 6.63. The SMILES string of the molecule is C1=CC(C2=C(C3=CCSN3)CSN2C2C=NSC2)NS1. The molecule has 0 radical (unpaired) electrons. The molecule has 106 valence electrons. The van der Waals surface area contributed by atoms with Crippen LogP contribution in [-0.4, -0.2) is 39.9 Å². The lowest BCUT2D eigenvalue weighted by molar-refractivity contribution is 0.523. The van der Waals surface area contributed by atoms with Crippen LogP contribution in [0, 0.1) is 0 Å². The van der Waals surface area contributed by atoms with E-state index in [0.717, 1.165) is 17.3 Å². The maximum absolute atomic E-state index is 4.33. The highest BCUT2D eigenvalue weighted by atomic mass is 32.2. The Morgan fingerprint density at radius 1 is 1.40 bits per heavy atom. The van der Waals surface area contributed by atoms with Crippen molar-refractivity contribution in [3.05, 3.63) is 34.5 Å². The van der Waals surface area contributed by atoms with Gasteiger partial charge in [0.1, 0.15) is 0 Å². The van der Waals surface area contributed by atoms with Crippen molar-refractivity contribution in [2.45, 2.75) is 12.1 Å². The molecule has 20 heavy (non-hydrogen) atoms. The number of nitrogens with zero attached hydrogens (tertiary/aromatic N) is 2. The molecule has 4 aliphatic rings. The molecule has 4 rings (SSSR count). The third-order valence-corrected chi connectivity index (χ3v) is 6.76. The van der Waals surface area contributed by atoms with E-state index in [-0.39, 0.29) is 0 Å². The van der Waals surface area contributed by atoms with Crippen LogP contribution in [0.1, 0.15) is 0 Å². The van der Waals surface area contributed by atoms with Gasteiger partial charge in [-0.15, -0.1) is 0 Å². The molecule has 4 aliphatic heterocycles. The molecule has 4 nitrogen and oxygen atoms in total. The van der Waals surface area contributed by atoms with Crippen LogP contribution >= 0.6 is 47.8 Å². The molecular formula is C12H14N4S4. The summed E-state index contributed by atoms with van der Waals surface area (Å²) in [6, 6.07) is 0.713. The lowest BCUT2D eigenvalue weighted by atomic mass is 10.1. The third-order valence-electron chi connectivity index (χ3n) is 3.46. The second-order valence-electron chi connectivity index (χ2n) is 4.65. The van der Waals surface area contributed by atoms with Gasteiger partial charge in [0.25, 0.3) is 0 Å². The molecule has 0 spiro atoms. The van der Waals surface area contributed by atoms with Crippen molar-refractivity contribution < 1.29 is 0 Å². The molecule has 2 N–H and O–H groups in total. The van der Waals surface area contributed by atoms with E-state index in [4.69, 9.17) is 0 Å². The lowest BCUT2D eigenvalue weighted by Crippen LogP contribution is -2.36. The molecule has 0 saturated heterocycles. The third kappa shape index (κ3) is 2.41. The fourth-order valence-corrected chi connectivity index (χ4v) is 5.91. The molecule has 0 saturated carbocycles. The van der Waals surface area contributed by atoms with Crippen LogP contribution in [-0.2, 0) is 0 Å². The number of hydrogen-bond acceptors (Lipinski definition) is 8. The van der Waals surface area contributed by atoms with E-state index in [0.29, 0.717) is 12.1 Å². The van der Waals surface area contributed by atoms with Gasteiger partial charge in [-0.25, -0.2) is 9.12 Å². The van der Waals surface area contributed by atoms with Crippen molar-refractivity contribution in [3.63, 3.8) is 0 Å². The maximum atomic E-state index is 4.33. The lowest BCUT2D eigenvalue weighted by Gasteiger charge is -2.28. The molecule has 4 heterocycles. The van der Waals surface area contributed by atoms with E-state index in [9.17, 15) is 0 Å². The summed E-state index contributed by atoms with van der Waals surface area (Å²) in [4.78, 5) is 0. The Labute approximate surface area is 135 Å². The summed E-state index contributed by atoms with van der Waals surface area (Å²) < 4.78 is 13.7. The minimum atomic E-state index is 0.303. The predicted molar refractivity (Wildman–Crippen MR) is 93.4 cm³/mol. The van der Waals surface area contributed by atoms with Gasteiger partial charge in [-0.1, -0.05) is 18.0 Å². The van der Waals surface area contributed by atoms with Crippen LogP contribution < -0.4 is 9.44 Å². The summed E-state index contributed by atoms with van der Waals surface area (Å²) in [5, 5.41) is 2.14. The standard InChI is InChI=1S/C12H14N4S4/c1-3-17-14-10(1)9-7-20-16(8-5-13-19-6-8)12(9)11-2-4-18-15-11/h1-2,4-5,8,11,14-15H,3,6-7H2. The van der Waals surface area contributed by atoms with Crippen molar-refractivity contribution >= 4 is 54.0 Å². The van der Waals surface area contributed by atoms with Gasteiger partial charge in [-0.3, -0.25) is 0 Å². The molecule has 0 fully saturated rings. The van der Waals surface area contributed by atoms with Crippen LogP contribution in [0.5, 0.6) is 0 Å². The highest BCUT2D eigenvalue weighted by Crippen LogP contribution is 2.41. The van der Waals surface area contributed by atoms with E-state index in [1.807, 2.05) is 11.9 Å². The van der Waals surface area contributed by atoms with Gasteiger partial charge >= 0.3 is 0 Å². The normalized spacial score (nSPS) is 32.4. The topological polar surface area (TPSA) is 39.7 Å². The number of nitrogens with one attached hydrogen (secondary N) is 2. The number of rotatable bonds is 3. The molecule has 2 unspecified atom stereocenters. The maximum Gasteiger partial charge on any atom is 0.0870 e. The van der Waals surface area contributed by atoms with Gasteiger partial charge in [0.2, 0.25) is 0 Å². The van der Waals surface area contributed by atoms with E-state index >= 15 is 0 Å². The smallest absolute Gasteiger partial charge is 0.0870 e. The van der Waals surface area contributed by atoms with Crippen LogP contribution in [0.3, 0.4) is 0 Å². The molecule has 0 aromatic carbocycles. The Balaban J connectivity index is 1.69. The Kier molecular flexibility index (Phi) is 4.00. The van der Waals surface area contributed by atoms with Crippen LogP contribution in [0.15, 0.2) is 38.9 Å². The Bertz CT molecular complexity index is 528. The largest absolute Gasteiger partial charge is 0.329 e. The highest BCUT2D eigenvalue weighted by Gasteiger charge is 2.36. The van der Waals surface area contributed by atoms with Crippen LogP contribution in [0.2, 0.25) is 0 Å². The summed E-state index contributed by atoms with van der Waals surface area (Å²) >= 11 is 7.01. The number of allylic oxidation sites excluding steroid dienone is 1. The van der Waals surface area contributed by atoms with E-state index in [1.165, 1.54) is 17.0 Å². The van der Waals surface area contributed by atoms with E-state index in [2.05, 4.69) is 41.9 Å². The number of hydrogen-bond donors (Lipinski definition) is 2. The van der Waals surface area contributed by atoms with Crippen molar-refractivity contribution in [2.24, 2.45) is 4.40 Å². The second kappa shape index (κ2) is 5.92. The van der Waals surface area contributed by atoms with Crippen molar-refractivity contribution in [1.29, 1.82) is 0 Å². The minimum absolute atomic E-state index is 0.303. The van der Waals surface area contributed by atoms with Crippen molar-refractivity contribution in [3.8, 4) is 0 Å². The van der Waals surface area contributed by atoms with Gasteiger partial charge in [-0.05, 0) is 47.3 Å². The predicted octanol–water partition coefficient (Wildman–Crippen LogP) is 2.57. The van der Waals surface area contributed by atoms with E-state index < -0.39 is 0 Å². The molecule has 0 aromatic heterocycles. The summed E-state index contributed by atoms with van der Waals surface area (Å²) in [5.74, 6) is 3.15. The zero-order chi connectivity index (χ0) is 13.4. The molecular weight excluding hydrogens is 328 g/mol. The fraction of sp³-hybridized carbons (Fsp3) is 0.417. The van der Waals surface area contributed by atoms with Crippen molar-refractivity contribution in [1.82, 2.24) is 13.7 Å². The summed E-state index contributed by atoms with van der Waals surface area (Å²) in [7, 11) is 0. The van der Waals surface area contributed by atoms with E-state index in [1.54, 1.807) is 35.8 Å². The molecule has 0 bridgehead atoms. The Morgan fingerprint density at radius 2 is 2.40 bits per heavy atom. The molecule has 2 atom stereocenters. The van der Waals surface area contributed by atoms with Crippen LogP contribution in [0.4, 0.5) is 0 Å². The average molecular weight is 343 g/mol. The fourth-order valence-electron chi connectivity index (χ4n) is 2.52. The minimum Gasteiger partial charge on any atom is -0.329 e. The zero-order valence-electron chi connectivity index (χ0n) is 10.6. The molecule has 0 amide bonds. The summed E-state index contributed by atoms with van der Waals surface area (Å²) in [6.45, 7) is 0. The first kappa shape index (κ1) is 13.5. The molecule has 0 aromatic rings. The van der Waals surface area contributed by atoms with Gasteiger partial charge in [0.15, 0.2) is 0 Å². The average Bonchev–Trinajstić information content (AvgIpc) is 3.23. The van der Waals surface area contributed by atoms with Crippen LogP contribution in [0.25, 0.3) is 0 Å². The second-order valence-corrected chi connectivity index (χ2v) is 7.97. The quantitative estimate of drug-likeness (QED) is 0.764. The van der Waals surface area contributed by atoms with Crippen molar-refractivity contribution in [2.75, 3.05) is 17.3 Å².